The fourth-order valence-electron chi connectivity index (χ4n) is 2.60. The van der Waals surface area contributed by atoms with E-state index in [0.717, 1.165) is 17.9 Å². The molecule has 0 heterocycles. The lowest BCUT2D eigenvalue weighted by Gasteiger charge is -2.20. The molecule has 2 fully saturated rings. The van der Waals surface area contributed by atoms with E-state index >= 15 is 0 Å². The highest BCUT2D eigenvalue weighted by molar-refractivity contribution is 4.93. The van der Waals surface area contributed by atoms with Gasteiger partial charge in [-0.3, -0.25) is 0 Å². The van der Waals surface area contributed by atoms with Crippen LogP contribution in [0.3, 0.4) is 0 Å². The molecular weight excluding hydrogens is 110 g/mol. The number of nitrogens with one attached hydrogen (secondary N) is 1. The van der Waals surface area contributed by atoms with Gasteiger partial charge in [-0.05, 0) is 38.1 Å². The lowest BCUT2D eigenvalue weighted by molar-refractivity contribution is 0.372. The summed E-state index contributed by atoms with van der Waals surface area (Å²) in [6, 6.07) is 0.878. The highest BCUT2D eigenvalue weighted by atomic mass is 14.9. The molecule has 0 unspecified atom stereocenters. The molecule has 3 atom stereocenters. The second-order valence-electron chi connectivity index (χ2n) is 3.57. The van der Waals surface area contributed by atoms with Gasteiger partial charge in [-0.2, -0.15) is 0 Å². The third-order valence-corrected chi connectivity index (χ3v) is 3.11. The van der Waals surface area contributed by atoms with Crippen molar-refractivity contribution in [3.63, 3.8) is 0 Å². The van der Waals surface area contributed by atoms with Gasteiger partial charge in [-0.15, -0.1) is 0 Å². The Morgan fingerprint density at radius 3 is 2.44 bits per heavy atom. The van der Waals surface area contributed by atoms with Crippen LogP contribution in [-0.4, -0.2) is 13.1 Å². The Labute approximate surface area is 56.8 Å². The first kappa shape index (κ1) is 5.72. The molecule has 2 rings (SSSR count). The van der Waals surface area contributed by atoms with E-state index in [0.29, 0.717) is 0 Å². The predicted octanol–water partition coefficient (Wildman–Crippen LogP) is 1.39. The number of hydrogen-bond acceptors (Lipinski definition) is 1. The SMILES string of the molecule is CN[C@@H]1C[C@H]2CC[C@H]1C2. The zero-order chi connectivity index (χ0) is 6.27. The fourth-order valence-corrected chi connectivity index (χ4v) is 2.60. The summed E-state index contributed by atoms with van der Waals surface area (Å²) >= 11 is 0. The average molecular weight is 125 g/mol. The standard InChI is InChI=1S/C8H15N/c1-9-8-5-6-2-3-7(8)4-6/h6-9H,2-5H2,1H3/t6-,7-,8+/m0/s1. The van der Waals surface area contributed by atoms with Crippen molar-refractivity contribution in [1.82, 2.24) is 5.32 Å². The molecule has 0 aliphatic heterocycles. The Kier molecular flexibility index (Phi) is 1.26. The van der Waals surface area contributed by atoms with Gasteiger partial charge < -0.3 is 5.32 Å². The minimum atomic E-state index is 0.878. The fraction of sp³-hybridized carbons (Fsp3) is 1.00. The van der Waals surface area contributed by atoms with Crippen molar-refractivity contribution in [1.29, 1.82) is 0 Å². The summed E-state index contributed by atoms with van der Waals surface area (Å²) < 4.78 is 0. The molecule has 0 amide bonds. The Hall–Kier alpha value is -0.0400. The molecule has 0 saturated heterocycles. The van der Waals surface area contributed by atoms with Crippen LogP contribution in [0.4, 0.5) is 0 Å². The maximum atomic E-state index is 3.40. The summed E-state index contributed by atoms with van der Waals surface area (Å²) in [5, 5.41) is 3.40. The van der Waals surface area contributed by atoms with Gasteiger partial charge in [0.25, 0.3) is 0 Å². The predicted molar refractivity (Wildman–Crippen MR) is 38.3 cm³/mol. The molecule has 0 aromatic rings. The summed E-state index contributed by atoms with van der Waals surface area (Å²) in [6.45, 7) is 0. The van der Waals surface area contributed by atoms with Gasteiger partial charge in [-0.25, -0.2) is 0 Å². The molecule has 0 radical (unpaired) electrons. The van der Waals surface area contributed by atoms with E-state index in [-0.39, 0.29) is 0 Å². The van der Waals surface area contributed by atoms with Crippen molar-refractivity contribution in [2.75, 3.05) is 7.05 Å². The van der Waals surface area contributed by atoms with E-state index in [1.807, 2.05) is 0 Å². The van der Waals surface area contributed by atoms with Gasteiger partial charge in [0.2, 0.25) is 0 Å². The first-order chi connectivity index (χ1) is 4.40. The van der Waals surface area contributed by atoms with Crippen molar-refractivity contribution in [3.8, 4) is 0 Å². The van der Waals surface area contributed by atoms with Gasteiger partial charge >= 0.3 is 0 Å². The number of hydrogen-bond donors (Lipinski definition) is 1. The third-order valence-electron chi connectivity index (χ3n) is 3.11. The Morgan fingerprint density at radius 2 is 2.11 bits per heavy atom. The maximum Gasteiger partial charge on any atom is 0.00950 e. The van der Waals surface area contributed by atoms with Crippen LogP contribution in [-0.2, 0) is 0 Å². The molecule has 9 heavy (non-hydrogen) atoms. The number of fused-ring (bicyclic) bond motifs is 2. The van der Waals surface area contributed by atoms with Crippen LogP contribution >= 0.6 is 0 Å². The van der Waals surface area contributed by atoms with E-state index in [2.05, 4.69) is 12.4 Å². The van der Waals surface area contributed by atoms with Gasteiger partial charge in [0.05, 0.1) is 0 Å². The topological polar surface area (TPSA) is 12.0 Å². The smallest absolute Gasteiger partial charge is 0.00950 e. The molecule has 1 nitrogen and oxygen atoms in total. The highest BCUT2D eigenvalue weighted by Crippen LogP contribution is 2.44. The lowest BCUT2D eigenvalue weighted by Crippen LogP contribution is -2.30. The van der Waals surface area contributed by atoms with Gasteiger partial charge in [-0.1, -0.05) is 6.42 Å². The summed E-state index contributed by atoms with van der Waals surface area (Å²) in [6.07, 6.45) is 5.99. The molecule has 2 saturated carbocycles. The average Bonchev–Trinajstić information content (AvgIpc) is 2.45. The molecular formula is C8H15N. The molecule has 1 N–H and O–H groups in total. The summed E-state index contributed by atoms with van der Waals surface area (Å²) in [7, 11) is 2.10. The van der Waals surface area contributed by atoms with Gasteiger partial charge in [0.15, 0.2) is 0 Å². The molecule has 0 spiro atoms. The van der Waals surface area contributed by atoms with Crippen LogP contribution in [0.1, 0.15) is 25.7 Å². The van der Waals surface area contributed by atoms with Crippen molar-refractivity contribution in [3.05, 3.63) is 0 Å². The Balaban J connectivity index is 2.01. The Bertz CT molecular complexity index is 111. The van der Waals surface area contributed by atoms with Crippen LogP contribution in [0, 0.1) is 11.8 Å². The van der Waals surface area contributed by atoms with E-state index in [4.69, 9.17) is 0 Å². The molecule has 0 aromatic carbocycles. The quantitative estimate of drug-likeness (QED) is 0.558. The normalized spacial score (nSPS) is 48.3. The monoisotopic (exact) mass is 125 g/mol. The minimum Gasteiger partial charge on any atom is -0.317 e. The van der Waals surface area contributed by atoms with Crippen molar-refractivity contribution in [2.24, 2.45) is 11.8 Å². The highest BCUT2D eigenvalue weighted by Gasteiger charge is 2.38. The minimum absolute atomic E-state index is 0.878. The van der Waals surface area contributed by atoms with Crippen molar-refractivity contribution in [2.45, 2.75) is 31.7 Å². The molecule has 2 bridgehead atoms. The van der Waals surface area contributed by atoms with E-state index in [1.165, 1.54) is 25.7 Å². The van der Waals surface area contributed by atoms with Crippen molar-refractivity contribution >= 4 is 0 Å². The van der Waals surface area contributed by atoms with Crippen molar-refractivity contribution < 1.29 is 0 Å². The van der Waals surface area contributed by atoms with Gasteiger partial charge in [0, 0.05) is 6.04 Å². The van der Waals surface area contributed by atoms with Crippen LogP contribution in [0.25, 0.3) is 0 Å². The molecule has 52 valence electrons. The first-order valence-corrected chi connectivity index (χ1v) is 4.07. The lowest BCUT2D eigenvalue weighted by atomic mass is 9.96. The summed E-state index contributed by atoms with van der Waals surface area (Å²) in [5.41, 5.74) is 0. The molecule has 0 aromatic heterocycles. The largest absolute Gasteiger partial charge is 0.317 e. The summed E-state index contributed by atoms with van der Waals surface area (Å²) in [4.78, 5) is 0. The van der Waals surface area contributed by atoms with E-state index < -0.39 is 0 Å². The second kappa shape index (κ2) is 1.98. The zero-order valence-electron chi connectivity index (χ0n) is 6.06. The Morgan fingerprint density at radius 1 is 1.22 bits per heavy atom. The second-order valence-corrected chi connectivity index (χ2v) is 3.57. The zero-order valence-corrected chi connectivity index (χ0v) is 6.06. The van der Waals surface area contributed by atoms with Crippen LogP contribution in [0.5, 0.6) is 0 Å². The number of rotatable bonds is 1. The maximum absolute atomic E-state index is 3.40. The third kappa shape index (κ3) is 0.787. The summed E-state index contributed by atoms with van der Waals surface area (Å²) in [5.74, 6) is 2.13. The van der Waals surface area contributed by atoms with Crippen LogP contribution in [0.15, 0.2) is 0 Å². The molecule has 2 aliphatic carbocycles. The van der Waals surface area contributed by atoms with Crippen LogP contribution in [0.2, 0.25) is 0 Å². The van der Waals surface area contributed by atoms with E-state index in [1.54, 1.807) is 0 Å². The van der Waals surface area contributed by atoms with Crippen LogP contribution < -0.4 is 5.32 Å². The van der Waals surface area contributed by atoms with E-state index in [9.17, 15) is 0 Å². The molecule has 2 aliphatic rings. The van der Waals surface area contributed by atoms with Gasteiger partial charge in [0.1, 0.15) is 0 Å². The molecule has 1 heteroatoms. The first-order valence-electron chi connectivity index (χ1n) is 4.07.